The standard InChI is InChI=1S/C19H22N4O2/c20-18(21)14-2-6-16(7-3-14)24-12-1-13-25-17-8-4-15(5-9-17)19-22-10-11-23-19/h2-9H,1,10-13H2,(H3,20,21)(H,22,23). The molecule has 1 aliphatic rings. The van der Waals surface area contributed by atoms with Crippen molar-refractivity contribution in [3.63, 3.8) is 0 Å². The Kier molecular flexibility index (Phi) is 5.51. The van der Waals surface area contributed by atoms with Crippen LogP contribution in [0, 0.1) is 5.41 Å². The highest BCUT2D eigenvalue weighted by Crippen LogP contribution is 2.14. The number of nitrogens with two attached hydrogens (primary N) is 1. The van der Waals surface area contributed by atoms with E-state index in [0.717, 1.165) is 42.4 Å². The predicted octanol–water partition coefficient (Wildman–Crippen LogP) is 2.17. The van der Waals surface area contributed by atoms with E-state index in [1.807, 2.05) is 36.4 Å². The zero-order chi connectivity index (χ0) is 17.5. The first-order valence-corrected chi connectivity index (χ1v) is 8.31. The summed E-state index contributed by atoms with van der Waals surface area (Å²) >= 11 is 0. The van der Waals surface area contributed by atoms with Crippen LogP contribution in [0.15, 0.2) is 53.5 Å². The number of nitrogen functional groups attached to an aromatic ring is 1. The molecule has 0 bridgehead atoms. The number of hydrogen-bond donors (Lipinski definition) is 3. The molecule has 0 aromatic heterocycles. The second-order valence-corrected chi connectivity index (χ2v) is 5.67. The zero-order valence-electron chi connectivity index (χ0n) is 14.0. The average molecular weight is 338 g/mol. The SMILES string of the molecule is N=C(N)c1ccc(OCCCOc2ccc(C3=NCCN3)cc2)cc1. The van der Waals surface area contributed by atoms with Crippen molar-refractivity contribution in [1.82, 2.24) is 5.32 Å². The molecule has 25 heavy (non-hydrogen) atoms. The first-order chi connectivity index (χ1) is 12.2. The average Bonchev–Trinajstić information content (AvgIpc) is 3.17. The Morgan fingerprint density at radius 2 is 1.60 bits per heavy atom. The summed E-state index contributed by atoms with van der Waals surface area (Å²) in [5, 5.41) is 10.6. The number of aliphatic imine (C=N–C) groups is 1. The predicted molar refractivity (Wildman–Crippen MR) is 98.9 cm³/mol. The Morgan fingerprint density at radius 3 is 2.12 bits per heavy atom. The van der Waals surface area contributed by atoms with Crippen LogP contribution in [0.3, 0.4) is 0 Å². The zero-order valence-corrected chi connectivity index (χ0v) is 14.0. The van der Waals surface area contributed by atoms with E-state index in [-0.39, 0.29) is 5.84 Å². The van der Waals surface area contributed by atoms with Crippen LogP contribution in [0.4, 0.5) is 0 Å². The van der Waals surface area contributed by atoms with Crippen molar-refractivity contribution in [2.24, 2.45) is 10.7 Å². The molecule has 0 unspecified atom stereocenters. The van der Waals surface area contributed by atoms with Crippen LogP contribution in [0.5, 0.6) is 11.5 Å². The number of hydrogen-bond acceptors (Lipinski definition) is 5. The van der Waals surface area contributed by atoms with Gasteiger partial charge in [0.05, 0.1) is 19.8 Å². The van der Waals surface area contributed by atoms with E-state index in [0.29, 0.717) is 18.8 Å². The first kappa shape index (κ1) is 16.8. The van der Waals surface area contributed by atoms with E-state index >= 15 is 0 Å². The maximum atomic E-state index is 7.35. The highest BCUT2D eigenvalue weighted by atomic mass is 16.5. The Hall–Kier alpha value is -3.02. The van der Waals surface area contributed by atoms with Crippen molar-refractivity contribution in [3.8, 4) is 11.5 Å². The lowest BCUT2D eigenvalue weighted by Crippen LogP contribution is -2.19. The van der Waals surface area contributed by atoms with Crippen molar-refractivity contribution in [3.05, 3.63) is 59.7 Å². The maximum absolute atomic E-state index is 7.35. The number of nitrogens with one attached hydrogen (secondary N) is 2. The molecule has 1 heterocycles. The molecule has 130 valence electrons. The Morgan fingerprint density at radius 1 is 1.00 bits per heavy atom. The van der Waals surface area contributed by atoms with Gasteiger partial charge in [0.15, 0.2) is 0 Å². The van der Waals surface area contributed by atoms with E-state index in [1.54, 1.807) is 12.1 Å². The molecular formula is C19H22N4O2. The quantitative estimate of drug-likeness (QED) is 0.391. The van der Waals surface area contributed by atoms with E-state index in [4.69, 9.17) is 20.6 Å². The fourth-order valence-electron chi connectivity index (χ4n) is 2.47. The molecule has 0 amide bonds. The molecular weight excluding hydrogens is 316 g/mol. The molecule has 0 atom stereocenters. The normalized spacial score (nSPS) is 13.0. The van der Waals surface area contributed by atoms with Crippen LogP contribution < -0.4 is 20.5 Å². The number of ether oxygens (including phenoxy) is 2. The molecule has 0 spiro atoms. The van der Waals surface area contributed by atoms with E-state index in [9.17, 15) is 0 Å². The van der Waals surface area contributed by atoms with Crippen molar-refractivity contribution in [2.45, 2.75) is 6.42 Å². The molecule has 6 nitrogen and oxygen atoms in total. The van der Waals surface area contributed by atoms with E-state index in [2.05, 4.69) is 10.3 Å². The van der Waals surface area contributed by atoms with Gasteiger partial charge in [-0.1, -0.05) is 0 Å². The number of nitrogens with zero attached hydrogens (tertiary/aromatic N) is 1. The monoisotopic (exact) mass is 338 g/mol. The summed E-state index contributed by atoms with van der Waals surface area (Å²) in [6, 6.07) is 15.1. The number of benzene rings is 2. The minimum atomic E-state index is 0.0572. The van der Waals surface area contributed by atoms with Crippen LogP contribution in [0.1, 0.15) is 17.5 Å². The first-order valence-electron chi connectivity index (χ1n) is 8.31. The Bertz CT molecular complexity index is 739. The molecule has 3 rings (SSSR count). The largest absolute Gasteiger partial charge is 0.493 e. The summed E-state index contributed by atoms with van der Waals surface area (Å²) in [5.74, 6) is 2.62. The third kappa shape index (κ3) is 4.73. The van der Waals surface area contributed by atoms with E-state index < -0.39 is 0 Å². The lowest BCUT2D eigenvalue weighted by atomic mass is 10.2. The lowest BCUT2D eigenvalue weighted by molar-refractivity contribution is 0.247. The van der Waals surface area contributed by atoms with Crippen molar-refractivity contribution < 1.29 is 9.47 Å². The van der Waals surface area contributed by atoms with Gasteiger partial charge in [0, 0.05) is 24.1 Å². The molecule has 0 fully saturated rings. The molecule has 2 aromatic carbocycles. The molecule has 2 aromatic rings. The summed E-state index contributed by atoms with van der Waals surface area (Å²) < 4.78 is 11.4. The van der Waals surface area contributed by atoms with Gasteiger partial charge in [-0.2, -0.15) is 0 Å². The van der Waals surface area contributed by atoms with Crippen LogP contribution in [-0.2, 0) is 0 Å². The summed E-state index contributed by atoms with van der Waals surface area (Å²) in [6.07, 6.45) is 0.782. The summed E-state index contributed by atoms with van der Waals surface area (Å²) in [6.45, 7) is 2.90. The van der Waals surface area contributed by atoms with Crippen molar-refractivity contribution in [1.29, 1.82) is 5.41 Å². The molecule has 1 aliphatic heterocycles. The number of amidine groups is 2. The fourth-order valence-corrected chi connectivity index (χ4v) is 2.47. The second-order valence-electron chi connectivity index (χ2n) is 5.67. The third-order valence-corrected chi connectivity index (χ3v) is 3.79. The van der Waals surface area contributed by atoms with Gasteiger partial charge in [-0.3, -0.25) is 10.4 Å². The lowest BCUT2D eigenvalue weighted by Gasteiger charge is -2.09. The smallest absolute Gasteiger partial charge is 0.128 e. The van der Waals surface area contributed by atoms with Gasteiger partial charge in [0.25, 0.3) is 0 Å². The van der Waals surface area contributed by atoms with Gasteiger partial charge in [0.2, 0.25) is 0 Å². The maximum Gasteiger partial charge on any atom is 0.128 e. The summed E-state index contributed by atoms with van der Waals surface area (Å²) in [7, 11) is 0. The molecule has 4 N–H and O–H groups in total. The second kappa shape index (κ2) is 8.19. The van der Waals surface area contributed by atoms with Gasteiger partial charge in [-0.25, -0.2) is 0 Å². The Labute approximate surface area is 147 Å². The minimum absolute atomic E-state index is 0.0572. The number of rotatable bonds is 8. The van der Waals surface area contributed by atoms with E-state index in [1.165, 1.54) is 0 Å². The fraction of sp³-hybridized carbons (Fsp3) is 0.263. The van der Waals surface area contributed by atoms with Crippen molar-refractivity contribution in [2.75, 3.05) is 26.3 Å². The van der Waals surface area contributed by atoms with Crippen LogP contribution in [-0.4, -0.2) is 38.0 Å². The van der Waals surface area contributed by atoms with Gasteiger partial charge in [-0.15, -0.1) is 0 Å². The molecule has 6 heteroatoms. The Balaban J connectivity index is 1.37. The van der Waals surface area contributed by atoms with Gasteiger partial charge in [-0.05, 0) is 48.5 Å². The molecule has 0 saturated heterocycles. The van der Waals surface area contributed by atoms with Gasteiger partial charge >= 0.3 is 0 Å². The van der Waals surface area contributed by atoms with Gasteiger partial charge in [0.1, 0.15) is 23.2 Å². The summed E-state index contributed by atoms with van der Waals surface area (Å²) in [4.78, 5) is 4.40. The molecule has 0 aliphatic carbocycles. The topological polar surface area (TPSA) is 92.7 Å². The highest BCUT2D eigenvalue weighted by molar-refractivity contribution is 5.99. The van der Waals surface area contributed by atoms with Crippen molar-refractivity contribution >= 4 is 11.7 Å². The van der Waals surface area contributed by atoms with Crippen LogP contribution in [0.2, 0.25) is 0 Å². The van der Waals surface area contributed by atoms with Crippen LogP contribution >= 0.6 is 0 Å². The van der Waals surface area contributed by atoms with Gasteiger partial charge < -0.3 is 20.5 Å². The highest BCUT2D eigenvalue weighted by Gasteiger charge is 2.07. The van der Waals surface area contributed by atoms with Crippen LogP contribution in [0.25, 0.3) is 0 Å². The minimum Gasteiger partial charge on any atom is -0.493 e. The molecule has 0 saturated carbocycles. The summed E-state index contributed by atoms with van der Waals surface area (Å²) in [5.41, 5.74) is 7.20. The third-order valence-electron chi connectivity index (χ3n) is 3.79. The molecule has 0 radical (unpaired) electrons.